The summed E-state index contributed by atoms with van der Waals surface area (Å²) in [7, 11) is 1.80. The standard InChI is InChI=1S/C11H15Br2NO2/c1-14(11(15)4-2-3-7-12)8-9-5-6-10(13)16-9/h5-6H,2-4,7-8H2,1H3. The van der Waals surface area contributed by atoms with Gasteiger partial charge in [-0.25, -0.2) is 0 Å². The third-order valence-electron chi connectivity index (χ3n) is 2.22. The topological polar surface area (TPSA) is 33.5 Å². The Morgan fingerprint density at radius 2 is 2.19 bits per heavy atom. The Bertz CT molecular complexity index is 338. The van der Waals surface area contributed by atoms with Crippen molar-refractivity contribution < 1.29 is 9.21 Å². The lowest BCUT2D eigenvalue weighted by Crippen LogP contribution is -2.25. The third kappa shape index (κ3) is 4.70. The fraction of sp³-hybridized carbons (Fsp3) is 0.545. The van der Waals surface area contributed by atoms with Gasteiger partial charge in [-0.2, -0.15) is 0 Å². The Morgan fingerprint density at radius 1 is 1.44 bits per heavy atom. The predicted octanol–water partition coefficient (Wildman–Crippen LogP) is 3.57. The van der Waals surface area contributed by atoms with Crippen LogP contribution in [0.2, 0.25) is 0 Å². The van der Waals surface area contributed by atoms with Crippen LogP contribution < -0.4 is 0 Å². The van der Waals surface area contributed by atoms with Crippen LogP contribution in [0.25, 0.3) is 0 Å². The molecule has 0 unspecified atom stereocenters. The molecule has 1 heterocycles. The van der Waals surface area contributed by atoms with Crippen molar-refractivity contribution in [2.45, 2.75) is 25.8 Å². The van der Waals surface area contributed by atoms with E-state index in [1.807, 2.05) is 12.1 Å². The van der Waals surface area contributed by atoms with Crippen molar-refractivity contribution in [1.29, 1.82) is 0 Å². The summed E-state index contributed by atoms with van der Waals surface area (Å²) in [5.41, 5.74) is 0. The van der Waals surface area contributed by atoms with E-state index in [-0.39, 0.29) is 5.91 Å². The molecule has 0 N–H and O–H groups in total. The van der Waals surface area contributed by atoms with Gasteiger partial charge in [0.25, 0.3) is 0 Å². The Kier molecular flexibility index (Phi) is 6.13. The van der Waals surface area contributed by atoms with Gasteiger partial charge in [-0.15, -0.1) is 0 Å². The van der Waals surface area contributed by atoms with Gasteiger partial charge < -0.3 is 9.32 Å². The number of hydrogen-bond donors (Lipinski definition) is 0. The first kappa shape index (κ1) is 13.8. The minimum Gasteiger partial charge on any atom is -0.452 e. The maximum atomic E-state index is 11.7. The van der Waals surface area contributed by atoms with Gasteiger partial charge in [0.2, 0.25) is 5.91 Å². The molecule has 3 nitrogen and oxygen atoms in total. The molecule has 0 aliphatic rings. The van der Waals surface area contributed by atoms with Crippen LogP contribution in [0, 0.1) is 0 Å². The number of halogens is 2. The van der Waals surface area contributed by atoms with Crippen LogP contribution in [0.3, 0.4) is 0 Å². The summed E-state index contributed by atoms with van der Waals surface area (Å²) in [6.07, 6.45) is 2.56. The van der Waals surface area contributed by atoms with Crippen LogP contribution in [0.1, 0.15) is 25.0 Å². The monoisotopic (exact) mass is 351 g/mol. The lowest BCUT2D eigenvalue weighted by molar-refractivity contribution is -0.130. The maximum absolute atomic E-state index is 11.7. The normalized spacial score (nSPS) is 10.4. The van der Waals surface area contributed by atoms with E-state index in [4.69, 9.17) is 4.42 Å². The van der Waals surface area contributed by atoms with E-state index in [2.05, 4.69) is 31.9 Å². The predicted molar refractivity (Wildman–Crippen MR) is 70.5 cm³/mol. The molecule has 0 aliphatic heterocycles. The second-order valence-corrected chi connectivity index (χ2v) is 5.18. The SMILES string of the molecule is CN(Cc1ccc(Br)o1)C(=O)CCCCBr. The van der Waals surface area contributed by atoms with E-state index in [9.17, 15) is 4.79 Å². The van der Waals surface area contributed by atoms with Gasteiger partial charge in [-0.05, 0) is 40.9 Å². The molecule has 90 valence electrons. The Hall–Kier alpha value is -0.290. The number of unbranched alkanes of at least 4 members (excludes halogenated alkanes) is 1. The van der Waals surface area contributed by atoms with Crippen molar-refractivity contribution in [3.05, 3.63) is 22.6 Å². The van der Waals surface area contributed by atoms with Crippen LogP contribution in [0.4, 0.5) is 0 Å². The number of nitrogens with zero attached hydrogens (tertiary/aromatic N) is 1. The lowest BCUT2D eigenvalue weighted by atomic mass is 10.2. The number of amides is 1. The highest BCUT2D eigenvalue weighted by atomic mass is 79.9. The van der Waals surface area contributed by atoms with Gasteiger partial charge in [0.15, 0.2) is 4.67 Å². The van der Waals surface area contributed by atoms with Gasteiger partial charge in [-0.3, -0.25) is 4.79 Å². The van der Waals surface area contributed by atoms with Gasteiger partial charge in [0.1, 0.15) is 5.76 Å². The van der Waals surface area contributed by atoms with Crippen LogP contribution in [0.5, 0.6) is 0 Å². The molecule has 0 spiro atoms. The molecule has 0 aliphatic carbocycles. The lowest BCUT2D eigenvalue weighted by Gasteiger charge is -2.15. The van der Waals surface area contributed by atoms with E-state index in [1.54, 1.807) is 11.9 Å². The van der Waals surface area contributed by atoms with E-state index in [0.717, 1.165) is 23.9 Å². The third-order valence-corrected chi connectivity index (χ3v) is 3.21. The van der Waals surface area contributed by atoms with E-state index in [0.29, 0.717) is 17.6 Å². The molecule has 1 amide bonds. The molecular weight excluding hydrogens is 338 g/mol. The average Bonchev–Trinajstić information content (AvgIpc) is 2.64. The zero-order valence-corrected chi connectivity index (χ0v) is 12.4. The van der Waals surface area contributed by atoms with Gasteiger partial charge in [-0.1, -0.05) is 15.9 Å². The van der Waals surface area contributed by atoms with Gasteiger partial charge >= 0.3 is 0 Å². The van der Waals surface area contributed by atoms with Crippen molar-refractivity contribution in [2.75, 3.05) is 12.4 Å². The molecule has 1 rings (SSSR count). The number of carbonyl (C=O) groups excluding carboxylic acids is 1. The summed E-state index contributed by atoms with van der Waals surface area (Å²) in [5.74, 6) is 0.955. The van der Waals surface area contributed by atoms with Crippen LogP contribution in [0.15, 0.2) is 21.2 Å². The van der Waals surface area contributed by atoms with Gasteiger partial charge in [0.05, 0.1) is 6.54 Å². The summed E-state index contributed by atoms with van der Waals surface area (Å²) >= 11 is 6.58. The number of carbonyl (C=O) groups is 1. The zero-order valence-electron chi connectivity index (χ0n) is 9.21. The molecule has 0 saturated carbocycles. The molecule has 0 saturated heterocycles. The summed E-state index contributed by atoms with van der Waals surface area (Å²) < 4.78 is 6.04. The smallest absolute Gasteiger partial charge is 0.222 e. The van der Waals surface area contributed by atoms with Crippen molar-refractivity contribution in [1.82, 2.24) is 4.90 Å². The first-order valence-electron chi connectivity index (χ1n) is 5.17. The summed E-state index contributed by atoms with van der Waals surface area (Å²) in [6, 6.07) is 3.70. The Labute approximate surface area is 112 Å². The van der Waals surface area contributed by atoms with Crippen LogP contribution in [-0.4, -0.2) is 23.2 Å². The van der Waals surface area contributed by atoms with Crippen molar-refractivity contribution >= 4 is 37.8 Å². The zero-order chi connectivity index (χ0) is 12.0. The van der Waals surface area contributed by atoms with Crippen molar-refractivity contribution in [3.8, 4) is 0 Å². The molecule has 1 aromatic heterocycles. The molecule has 0 fully saturated rings. The highest BCUT2D eigenvalue weighted by Crippen LogP contribution is 2.15. The molecule has 0 aromatic carbocycles. The first-order chi connectivity index (χ1) is 7.63. The summed E-state index contributed by atoms with van der Waals surface area (Å²) in [6.45, 7) is 0.527. The van der Waals surface area contributed by atoms with E-state index < -0.39 is 0 Å². The Morgan fingerprint density at radius 3 is 2.75 bits per heavy atom. The maximum Gasteiger partial charge on any atom is 0.222 e. The molecule has 1 aromatic rings. The van der Waals surface area contributed by atoms with E-state index in [1.165, 1.54) is 0 Å². The minimum atomic E-state index is 0.161. The molecule has 0 atom stereocenters. The second kappa shape index (κ2) is 7.12. The Balaban J connectivity index is 2.34. The molecule has 16 heavy (non-hydrogen) atoms. The highest BCUT2D eigenvalue weighted by Gasteiger charge is 2.10. The largest absolute Gasteiger partial charge is 0.452 e. The fourth-order valence-corrected chi connectivity index (χ4v) is 2.06. The quantitative estimate of drug-likeness (QED) is 0.579. The number of rotatable bonds is 6. The van der Waals surface area contributed by atoms with Crippen LogP contribution >= 0.6 is 31.9 Å². The second-order valence-electron chi connectivity index (χ2n) is 3.60. The summed E-state index contributed by atoms with van der Waals surface area (Å²) in [4.78, 5) is 13.4. The summed E-state index contributed by atoms with van der Waals surface area (Å²) in [5, 5.41) is 0.953. The van der Waals surface area contributed by atoms with E-state index >= 15 is 0 Å². The van der Waals surface area contributed by atoms with Crippen molar-refractivity contribution in [2.24, 2.45) is 0 Å². The molecular formula is C11H15Br2NO2. The highest BCUT2D eigenvalue weighted by molar-refractivity contribution is 9.10. The van der Waals surface area contributed by atoms with Crippen molar-refractivity contribution in [3.63, 3.8) is 0 Å². The molecule has 0 radical (unpaired) electrons. The number of hydrogen-bond acceptors (Lipinski definition) is 2. The van der Waals surface area contributed by atoms with Gasteiger partial charge in [0, 0.05) is 18.8 Å². The molecule has 0 bridgehead atoms. The fourth-order valence-electron chi connectivity index (χ4n) is 1.32. The molecule has 5 heteroatoms. The minimum absolute atomic E-state index is 0.161. The first-order valence-corrected chi connectivity index (χ1v) is 7.09. The van der Waals surface area contributed by atoms with Crippen LogP contribution in [-0.2, 0) is 11.3 Å². The number of furan rings is 1. The number of alkyl halides is 1. The average molecular weight is 353 g/mol.